The fourth-order valence-electron chi connectivity index (χ4n) is 2.76. The van der Waals surface area contributed by atoms with Crippen LogP contribution in [-0.4, -0.2) is 37.0 Å². The molecule has 0 amide bonds. The van der Waals surface area contributed by atoms with Gasteiger partial charge in [0.25, 0.3) is 0 Å². The topological polar surface area (TPSA) is 130 Å². The molecule has 0 fully saturated rings. The first kappa shape index (κ1) is 24.8. The third-order valence-corrected chi connectivity index (χ3v) is 4.90. The summed E-state index contributed by atoms with van der Waals surface area (Å²) in [5, 5.41) is 0. The van der Waals surface area contributed by atoms with Gasteiger partial charge >= 0.3 is 16.5 Å². The molecule has 2 aromatic carbocycles. The second-order valence-electron chi connectivity index (χ2n) is 6.11. The van der Waals surface area contributed by atoms with Crippen LogP contribution in [0, 0.1) is 0 Å². The van der Waals surface area contributed by atoms with E-state index in [4.69, 9.17) is 28.7 Å². The van der Waals surface area contributed by atoms with E-state index in [0.29, 0.717) is 0 Å². The van der Waals surface area contributed by atoms with E-state index in [0.717, 1.165) is 0 Å². The maximum atomic E-state index is 8.59. The molecule has 2 aromatic rings. The molecule has 8 nitrogen and oxygen atoms in total. The zero-order valence-corrected chi connectivity index (χ0v) is 18.2. The van der Waals surface area contributed by atoms with Gasteiger partial charge in [-0.15, -0.1) is 0 Å². The zero-order chi connectivity index (χ0) is 21.1. The number of nitrogens with one attached hydrogen (secondary N) is 2. The van der Waals surface area contributed by atoms with E-state index < -0.39 is 16.5 Å². The maximum absolute atomic E-state index is 8.59. The van der Waals surface area contributed by atoms with Crippen LogP contribution < -0.4 is 19.6 Å². The molecule has 3 rings (SSSR count). The van der Waals surface area contributed by atoms with Crippen molar-refractivity contribution in [1.29, 1.82) is 0 Å². The van der Waals surface area contributed by atoms with Gasteiger partial charge in [0, 0.05) is 18.6 Å². The Balaban J connectivity index is 0.000000420. The standard InChI is InChI=1S/C17H20N2S.2HO3P/c1-18(2)12-7-13-19-14-8-3-5-10-16(14)20-17-11-6-4-9-15(17)19;2*1-4(2)3/h3-6,8-11H,7,12-13H2,1-2H3;2*(H,1,2,3)/p+2. The van der Waals surface area contributed by atoms with Crippen molar-refractivity contribution >= 4 is 39.6 Å². The molecule has 0 saturated carbocycles. The average Bonchev–Trinajstić information content (AvgIpc) is 2.60. The van der Waals surface area contributed by atoms with E-state index in [-0.39, 0.29) is 0 Å². The molecule has 152 valence electrons. The number of hydrogen-bond donors (Lipinski definition) is 4. The van der Waals surface area contributed by atoms with Gasteiger partial charge in [-0.25, -0.2) is 0 Å². The number of hydrogen-bond acceptors (Lipinski definition) is 5. The minimum atomic E-state index is -3.12. The van der Waals surface area contributed by atoms with Gasteiger partial charge in [-0.3, -0.25) is 4.90 Å². The monoisotopic (exact) mass is 446 g/mol. The zero-order valence-electron chi connectivity index (χ0n) is 15.6. The van der Waals surface area contributed by atoms with Crippen LogP contribution in [0.5, 0.6) is 0 Å². The van der Waals surface area contributed by atoms with Crippen molar-refractivity contribution in [3.8, 4) is 0 Å². The van der Waals surface area contributed by atoms with E-state index in [9.17, 15) is 0 Å². The molecule has 2 unspecified atom stereocenters. The molecular weight excluding hydrogens is 422 g/mol. The molecule has 28 heavy (non-hydrogen) atoms. The van der Waals surface area contributed by atoms with Gasteiger partial charge in [-0.1, -0.05) is 36.0 Å². The number of fused-ring (bicyclic) bond motifs is 2. The molecule has 0 spiro atoms. The maximum Gasteiger partial charge on any atom is 0.485 e. The van der Waals surface area contributed by atoms with E-state index in [1.807, 2.05) is 11.8 Å². The normalized spacial score (nSPS) is 13.2. The van der Waals surface area contributed by atoms with Crippen molar-refractivity contribution in [2.75, 3.05) is 27.2 Å². The fraction of sp³-hybridized carbons (Fsp3) is 0.294. The van der Waals surface area contributed by atoms with Crippen LogP contribution in [0.2, 0.25) is 0 Å². The van der Waals surface area contributed by atoms with Crippen molar-refractivity contribution in [3.05, 3.63) is 48.5 Å². The van der Waals surface area contributed by atoms with Crippen LogP contribution in [0.1, 0.15) is 6.42 Å². The van der Waals surface area contributed by atoms with Gasteiger partial charge < -0.3 is 14.7 Å². The Bertz CT molecular complexity index is 728. The summed E-state index contributed by atoms with van der Waals surface area (Å²) in [5.74, 6) is 0. The van der Waals surface area contributed by atoms with E-state index in [1.54, 1.807) is 0 Å². The van der Waals surface area contributed by atoms with Gasteiger partial charge in [0.15, 0.2) is 0 Å². The first-order valence-corrected chi connectivity index (χ1v) is 11.5. The van der Waals surface area contributed by atoms with Crippen molar-refractivity contribution in [1.82, 2.24) is 0 Å². The molecule has 0 saturated heterocycles. The van der Waals surface area contributed by atoms with Gasteiger partial charge in [-0.05, 0) is 21.3 Å². The molecule has 1 aliphatic heterocycles. The lowest BCUT2D eigenvalue weighted by Crippen LogP contribution is -3.07. The Kier molecular flexibility index (Phi) is 11.6. The van der Waals surface area contributed by atoms with Gasteiger partial charge in [-0.2, -0.15) is 9.79 Å². The van der Waals surface area contributed by atoms with E-state index in [2.05, 4.69) is 62.6 Å². The van der Waals surface area contributed by atoms with Crippen LogP contribution in [-0.2, 0) is 9.13 Å². The summed E-state index contributed by atoms with van der Waals surface area (Å²) >= 11 is 1.90. The molecule has 0 aromatic heterocycles. The number of rotatable bonds is 4. The quantitative estimate of drug-likeness (QED) is 0.467. The van der Waals surface area contributed by atoms with Crippen molar-refractivity contribution in [2.24, 2.45) is 0 Å². The predicted octanol–water partition coefficient (Wildman–Crippen LogP) is -0.473. The van der Waals surface area contributed by atoms with Crippen LogP contribution in [0.4, 0.5) is 11.4 Å². The second kappa shape index (κ2) is 13.1. The Hall–Kier alpha value is -1.25. The Morgan fingerprint density at radius 1 is 0.929 bits per heavy atom. The summed E-state index contributed by atoms with van der Waals surface area (Å²) in [6.45, 7) is 2.39. The van der Waals surface area contributed by atoms with Crippen molar-refractivity contribution in [2.45, 2.75) is 16.2 Å². The molecule has 2 atom stereocenters. The molecule has 4 N–H and O–H groups in total. The number of para-hydroxylation sites is 2. The Morgan fingerprint density at radius 2 is 1.32 bits per heavy atom. The third-order valence-electron chi connectivity index (χ3n) is 3.75. The minimum Gasteiger partial charge on any atom is -0.567 e. The summed E-state index contributed by atoms with van der Waals surface area (Å²) in [6, 6.07) is 17.6. The van der Waals surface area contributed by atoms with Crippen molar-refractivity contribution < 1.29 is 38.5 Å². The average molecular weight is 446 g/mol. The second-order valence-corrected chi connectivity index (χ2v) is 8.14. The Morgan fingerprint density at radius 3 is 1.71 bits per heavy atom. The van der Waals surface area contributed by atoms with Crippen LogP contribution in [0.25, 0.3) is 0 Å². The van der Waals surface area contributed by atoms with Gasteiger partial charge in [0.1, 0.15) is 11.4 Å². The summed E-state index contributed by atoms with van der Waals surface area (Å²) in [5.41, 5.74) is 2.87. The molecule has 1 heterocycles. The highest BCUT2D eigenvalue weighted by molar-refractivity contribution is 7.99. The highest BCUT2D eigenvalue weighted by atomic mass is 32.2. The highest BCUT2D eigenvalue weighted by Gasteiger charge is 2.27. The first-order chi connectivity index (χ1) is 13.2. The van der Waals surface area contributed by atoms with Gasteiger partial charge in [0.2, 0.25) is 0 Å². The van der Waals surface area contributed by atoms with Crippen LogP contribution in [0.3, 0.4) is 0 Å². The van der Waals surface area contributed by atoms with Crippen LogP contribution >= 0.6 is 28.3 Å². The van der Waals surface area contributed by atoms with Crippen LogP contribution in [0.15, 0.2) is 58.3 Å². The largest absolute Gasteiger partial charge is 0.567 e. The Labute approximate surface area is 170 Å². The lowest BCUT2D eigenvalue weighted by atomic mass is 10.2. The predicted molar refractivity (Wildman–Crippen MR) is 104 cm³/mol. The van der Waals surface area contributed by atoms with Gasteiger partial charge in [0.05, 0.1) is 37.0 Å². The fourth-order valence-corrected chi connectivity index (χ4v) is 3.89. The summed E-state index contributed by atoms with van der Waals surface area (Å²) in [4.78, 5) is 37.1. The summed E-state index contributed by atoms with van der Waals surface area (Å²) < 4.78 is 17.2. The minimum absolute atomic E-state index is 1.17. The third kappa shape index (κ3) is 9.30. The smallest absolute Gasteiger partial charge is 0.485 e. The van der Waals surface area contributed by atoms with E-state index >= 15 is 0 Å². The van der Waals surface area contributed by atoms with E-state index in [1.165, 1.54) is 50.5 Å². The molecule has 0 radical (unpaired) electrons. The highest BCUT2D eigenvalue weighted by Crippen LogP contribution is 2.39. The summed E-state index contributed by atoms with van der Waals surface area (Å²) in [7, 11) is -1.79. The molecule has 0 aliphatic carbocycles. The van der Waals surface area contributed by atoms with Crippen molar-refractivity contribution in [3.63, 3.8) is 0 Å². The number of quaternary nitrogens is 2. The lowest BCUT2D eigenvalue weighted by Gasteiger charge is -2.27. The molecule has 11 heteroatoms. The first-order valence-electron chi connectivity index (χ1n) is 8.40. The number of benzene rings is 2. The molecular formula is C17H24N2O6P2S+2. The summed E-state index contributed by atoms with van der Waals surface area (Å²) in [6.07, 6.45) is 1.24. The lowest BCUT2D eigenvalue weighted by molar-refractivity contribution is -0.862. The molecule has 1 aliphatic rings. The SMILES string of the molecule is C[NH+](C)CCC[NH+]1c2ccccc2Sc2ccccc21.O=[P+]([O-])O.O=[P+]([O-])O. The molecule has 0 bridgehead atoms.